The summed E-state index contributed by atoms with van der Waals surface area (Å²) in [5, 5.41) is 18.9. The second-order valence-corrected chi connectivity index (χ2v) is 4.91. The minimum Gasteiger partial charge on any atom is -0.393 e. The van der Waals surface area contributed by atoms with Crippen LogP contribution in [-0.2, 0) is 4.74 Å². The summed E-state index contributed by atoms with van der Waals surface area (Å²) < 4.78 is 5.54. The number of aliphatic hydroxyl groups excluding tert-OH is 1. The smallest absolute Gasteiger partial charge is 0.0920 e. The van der Waals surface area contributed by atoms with Crippen LogP contribution >= 0.6 is 0 Å². The van der Waals surface area contributed by atoms with Crippen molar-refractivity contribution in [2.45, 2.75) is 50.4 Å². The van der Waals surface area contributed by atoms with Gasteiger partial charge in [0.2, 0.25) is 0 Å². The maximum atomic E-state index is 9.86. The minimum atomic E-state index is -0.923. The van der Waals surface area contributed by atoms with E-state index >= 15 is 0 Å². The molecule has 0 aromatic heterocycles. The van der Waals surface area contributed by atoms with E-state index in [1.54, 1.807) is 6.92 Å². The third-order valence-electron chi connectivity index (χ3n) is 3.72. The highest BCUT2D eigenvalue weighted by atomic mass is 16.6. The van der Waals surface area contributed by atoms with Gasteiger partial charge in [0.15, 0.2) is 0 Å². The van der Waals surface area contributed by atoms with Crippen molar-refractivity contribution in [1.29, 1.82) is 0 Å². The fraction of sp³-hybridized carbons (Fsp3) is 1.00. The molecule has 4 atom stereocenters. The zero-order chi connectivity index (χ0) is 9.69. The first-order chi connectivity index (χ1) is 5.98. The van der Waals surface area contributed by atoms with E-state index in [1.165, 1.54) is 0 Å². The molecule has 1 aliphatic carbocycles. The lowest BCUT2D eigenvalue weighted by molar-refractivity contribution is -0.0569. The van der Waals surface area contributed by atoms with Gasteiger partial charge in [0, 0.05) is 0 Å². The molecule has 0 aromatic rings. The van der Waals surface area contributed by atoms with Crippen molar-refractivity contribution in [3.63, 3.8) is 0 Å². The molecule has 3 nitrogen and oxygen atoms in total. The van der Waals surface area contributed by atoms with Gasteiger partial charge in [-0.15, -0.1) is 0 Å². The Morgan fingerprint density at radius 3 is 2.85 bits per heavy atom. The number of rotatable bonds is 2. The van der Waals surface area contributed by atoms with Crippen molar-refractivity contribution in [2.75, 3.05) is 6.61 Å². The largest absolute Gasteiger partial charge is 0.393 e. The van der Waals surface area contributed by atoms with Crippen molar-refractivity contribution in [3.8, 4) is 0 Å². The van der Waals surface area contributed by atoms with Crippen molar-refractivity contribution < 1.29 is 14.9 Å². The Morgan fingerprint density at radius 1 is 1.62 bits per heavy atom. The first kappa shape index (κ1) is 9.44. The number of epoxide rings is 1. The predicted octanol–water partition coefficient (Wildman–Crippen LogP) is 0.687. The summed E-state index contributed by atoms with van der Waals surface area (Å²) in [5.41, 5.74) is -0.824. The Hall–Kier alpha value is -0.120. The molecular formula is C10H18O3. The molecule has 2 rings (SSSR count). The molecule has 0 unspecified atom stereocenters. The van der Waals surface area contributed by atoms with Crippen LogP contribution in [0.25, 0.3) is 0 Å². The van der Waals surface area contributed by atoms with Crippen molar-refractivity contribution in [1.82, 2.24) is 0 Å². The minimum absolute atomic E-state index is 0.0992. The average Bonchev–Trinajstić information content (AvgIpc) is 2.75. The lowest BCUT2D eigenvalue weighted by atomic mass is 9.75. The average molecular weight is 186 g/mol. The molecule has 0 bridgehead atoms. The van der Waals surface area contributed by atoms with E-state index in [2.05, 4.69) is 6.92 Å². The zero-order valence-corrected chi connectivity index (χ0v) is 8.29. The monoisotopic (exact) mass is 186 g/mol. The van der Waals surface area contributed by atoms with E-state index in [0.29, 0.717) is 6.10 Å². The number of fused-ring (bicyclic) bond motifs is 1. The van der Waals surface area contributed by atoms with Crippen molar-refractivity contribution in [2.24, 2.45) is 5.92 Å². The maximum Gasteiger partial charge on any atom is 0.0920 e. The molecule has 0 aromatic carbocycles. The number of ether oxygens (including phenoxy) is 1. The van der Waals surface area contributed by atoms with E-state index in [1.807, 2.05) is 0 Å². The van der Waals surface area contributed by atoms with Crippen LogP contribution in [0.1, 0.15) is 33.1 Å². The fourth-order valence-electron chi connectivity index (χ4n) is 2.34. The first-order valence-electron chi connectivity index (χ1n) is 4.99. The molecule has 0 spiro atoms. The van der Waals surface area contributed by atoms with Crippen LogP contribution in [0.2, 0.25) is 0 Å². The van der Waals surface area contributed by atoms with E-state index in [4.69, 9.17) is 9.84 Å². The Kier molecular flexibility index (Phi) is 1.95. The third-order valence-corrected chi connectivity index (χ3v) is 3.72. The highest BCUT2D eigenvalue weighted by Crippen LogP contribution is 2.51. The molecule has 13 heavy (non-hydrogen) atoms. The quantitative estimate of drug-likeness (QED) is 0.624. The summed E-state index contributed by atoms with van der Waals surface area (Å²) in [6.07, 6.45) is 3.19. The van der Waals surface area contributed by atoms with E-state index in [-0.39, 0.29) is 18.1 Å². The van der Waals surface area contributed by atoms with E-state index < -0.39 is 5.60 Å². The van der Waals surface area contributed by atoms with E-state index in [9.17, 15) is 5.11 Å². The summed E-state index contributed by atoms with van der Waals surface area (Å²) in [7, 11) is 0. The second kappa shape index (κ2) is 2.69. The lowest BCUT2D eigenvalue weighted by Crippen LogP contribution is -2.41. The number of hydrogen-bond acceptors (Lipinski definition) is 3. The van der Waals surface area contributed by atoms with Crippen LogP contribution in [0.4, 0.5) is 0 Å². The summed E-state index contributed by atoms with van der Waals surface area (Å²) in [5.74, 6) is 0.193. The third kappa shape index (κ3) is 1.49. The highest BCUT2D eigenvalue weighted by Gasteiger charge is 2.57. The van der Waals surface area contributed by atoms with Gasteiger partial charge < -0.3 is 14.9 Å². The summed E-state index contributed by atoms with van der Waals surface area (Å²) in [4.78, 5) is 0. The Labute approximate surface area is 78.7 Å². The van der Waals surface area contributed by atoms with Gasteiger partial charge in [-0.05, 0) is 39.0 Å². The van der Waals surface area contributed by atoms with Crippen LogP contribution in [0, 0.1) is 5.92 Å². The Morgan fingerprint density at radius 2 is 2.31 bits per heavy atom. The highest BCUT2D eigenvalue weighted by molar-refractivity contribution is 5.06. The zero-order valence-electron chi connectivity index (χ0n) is 8.29. The molecule has 0 amide bonds. The van der Waals surface area contributed by atoms with Crippen LogP contribution in [0.5, 0.6) is 0 Å². The molecule has 2 N–H and O–H groups in total. The van der Waals surface area contributed by atoms with Gasteiger partial charge in [-0.3, -0.25) is 0 Å². The molecule has 1 saturated carbocycles. The Balaban J connectivity index is 1.97. The first-order valence-corrected chi connectivity index (χ1v) is 4.99. The SMILES string of the molecule is C[C@@]12CC[C@@H]([C@](C)(O)CO)C[C@@H]1O2. The van der Waals surface area contributed by atoms with Crippen molar-refractivity contribution in [3.05, 3.63) is 0 Å². The molecule has 76 valence electrons. The molecule has 3 heteroatoms. The molecule has 1 saturated heterocycles. The standard InChI is InChI=1S/C10H18O3/c1-9(12,6-11)7-3-4-10(2)8(5-7)13-10/h7-8,11-12H,3-6H2,1-2H3/t7-,8+,9-,10-/m1/s1. The molecule has 0 radical (unpaired) electrons. The van der Waals surface area contributed by atoms with Crippen LogP contribution in [0.3, 0.4) is 0 Å². The van der Waals surface area contributed by atoms with Gasteiger partial charge in [-0.1, -0.05) is 0 Å². The lowest BCUT2D eigenvalue weighted by Gasteiger charge is -2.33. The topological polar surface area (TPSA) is 53.0 Å². The molecule has 1 aliphatic heterocycles. The molecule has 2 aliphatic rings. The van der Waals surface area contributed by atoms with E-state index in [0.717, 1.165) is 19.3 Å². The van der Waals surface area contributed by atoms with Crippen LogP contribution in [0.15, 0.2) is 0 Å². The normalized spacial score (nSPS) is 48.0. The molecular weight excluding hydrogens is 168 g/mol. The summed E-state index contributed by atoms with van der Waals surface area (Å²) >= 11 is 0. The van der Waals surface area contributed by atoms with Gasteiger partial charge in [-0.2, -0.15) is 0 Å². The van der Waals surface area contributed by atoms with Gasteiger partial charge in [0.1, 0.15) is 0 Å². The Bertz CT molecular complexity index is 214. The summed E-state index contributed by atoms with van der Waals surface area (Å²) in [6.45, 7) is 3.69. The van der Waals surface area contributed by atoms with Gasteiger partial charge in [0.25, 0.3) is 0 Å². The number of hydrogen-bond donors (Lipinski definition) is 2. The van der Waals surface area contributed by atoms with Gasteiger partial charge in [-0.25, -0.2) is 0 Å². The van der Waals surface area contributed by atoms with Crippen LogP contribution in [-0.4, -0.2) is 34.1 Å². The predicted molar refractivity (Wildman–Crippen MR) is 48.3 cm³/mol. The summed E-state index contributed by atoms with van der Waals surface area (Å²) in [6, 6.07) is 0. The van der Waals surface area contributed by atoms with Crippen molar-refractivity contribution >= 4 is 0 Å². The molecule has 1 heterocycles. The van der Waals surface area contributed by atoms with Gasteiger partial charge in [0.05, 0.1) is 23.9 Å². The molecule has 2 fully saturated rings. The maximum absolute atomic E-state index is 9.86. The van der Waals surface area contributed by atoms with Gasteiger partial charge >= 0.3 is 0 Å². The number of aliphatic hydroxyl groups is 2. The fourth-order valence-corrected chi connectivity index (χ4v) is 2.34. The second-order valence-electron chi connectivity index (χ2n) is 4.91. The van der Waals surface area contributed by atoms with Crippen LogP contribution < -0.4 is 0 Å².